The van der Waals surface area contributed by atoms with Crippen molar-refractivity contribution in [1.82, 2.24) is 5.32 Å². The third kappa shape index (κ3) is 4.05. The number of hydrogen-bond acceptors (Lipinski definition) is 3. The lowest BCUT2D eigenvalue weighted by molar-refractivity contribution is 0.353. The van der Waals surface area contributed by atoms with E-state index in [0.29, 0.717) is 11.7 Å². The molecule has 4 heteroatoms. The molecule has 1 heterocycles. The molecule has 0 aliphatic carbocycles. The predicted molar refractivity (Wildman–Crippen MR) is 78.8 cm³/mol. The molecule has 0 spiro atoms. The third-order valence-electron chi connectivity index (χ3n) is 3.70. The lowest BCUT2D eigenvalue weighted by Gasteiger charge is -2.31. The van der Waals surface area contributed by atoms with Crippen molar-refractivity contribution in [2.24, 2.45) is 5.92 Å². The average Bonchev–Trinajstić information content (AvgIpc) is 2.35. The van der Waals surface area contributed by atoms with Gasteiger partial charge in [-0.1, -0.05) is 44.2 Å². The Labute approximate surface area is 116 Å². The van der Waals surface area contributed by atoms with Gasteiger partial charge in [-0.05, 0) is 24.3 Å². The number of hydrogen-bond donors (Lipinski definition) is 1. The average molecular weight is 281 g/mol. The van der Waals surface area contributed by atoms with Gasteiger partial charge in [-0.25, -0.2) is 8.42 Å². The van der Waals surface area contributed by atoms with E-state index in [1.54, 1.807) is 0 Å². The maximum absolute atomic E-state index is 11.7. The molecule has 1 saturated heterocycles. The molecule has 1 aromatic carbocycles. The Kier molecular flexibility index (Phi) is 4.63. The second kappa shape index (κ2) is 6.06. The van der Waals surface area contributed by atoms with Crippen LogP contribution in [0.4, 0.5) is 0 Å². The molecule has 1 aliphatic rings. The molecule has 0 saturated carbocycles. The molecule has 1 N–H and O–H groups in total. The third-order valence-corrected chi connectivity index (χ3v) is 5.52. The first-order valence-electron chi connectivity index (χ1n) is 6.99. The molecule has 0 bridgehead atoms. The Morgan fingerprint density at radius 3 is 2.47 bits per heavy atom. The lowest BCUT2D eigenvalue weighted by Crippen LogP contribution is -2.43. The summed E-state index contributed by atoms with van der Waals surface area (Å²) in [4.78, 5) is 0. The lowest BCUT2D eigenvalue weighted by atomic mass is 9.95. The van der Waals surface area contributed by atoms with Crippen LogP contribution in [0.15, 0.2) is 30.3 Å². The van der Waals surface area contributed by atoms with E-state index in [9.17, 15) is 8.42 Å². The second-order valence-corrected chi connectivity index (χ2v) is 7.98. The van der Waals surface area contributed by atoms with E-state index in [4.69, 9.17) is 0 Å². The zero-order valence-electron chi connectivity index (χ0n) is 11.7. The van der Waals surface area contributed by atoms with Crippen molar-refractivity contribution in [2.75, 3.05) is 11.5 Å². The number of sulfone groups is 1. The highest BCUT2D eigenvalue weighted by Crippen LogP contribution is 2.24. The van der Waals surface area contributed by atoms with Crippen molar-refractivity contribution < 1.29 is 8.42 Å². The molecule has 2 rings (SSSR count). The quantitative estimate of drug-likeness (QED) is 0.922. The summed E-state index contributed by atoms with van der Waals surface area (Å²) in [6, 6.07) is 10.6. The molecule has 106 valence electrons. The van der Waals surface area contributed by atoms with Gasteiger partial charge in [0.25, 0.3) is 0 Å². The smallest absolute Gasteiger partial charge is 0.151 e. The summed E-state index contributed by atoms with van der Waals surface area (Å²) >= 11 is 0. The van der Waals surface area contributed by atoms with Crippen molar-refractivity contribution in [3.63, 3.8) is 0 Å². The maximum atomic E-state index is 11.7. The molecular weight excluding hydrogens is 258 g/mol. The number of rotatable bonds is 4. The largest absolute Gasteiger partial charge is 0.306 e. The van der Waals surface area contributed by atoms with E-state index < -0.39 is 9.84 Å². The van der Waals surface area contributed by atoms with Gasteiger partial charge in [0.2, 0.25) is 0 Å². The monoisotopic (exact) mass is 281 g/mol. The van der Waals surface area contributed by atoms with Crippen molar-refractivity contribution in [2.45, 2.75) is 38.8 Å². The fourth-order valence-corrected chi connectivity index (χ4v) is 4.39. The van der Waals surface area contributed by atoms with Crippen LogP contribution in [0.1, 0.15) is 38.3 Å². The van der Waals surface area contributed by atoms with Gasteiger partial charge in [0.1, 0.15) is 0 Å². The number of benzene rings is 1. The summed E-state index contributed by atoms with van der Waals surface area (Å²) in [7, 11) is -2.85. The maximum Gasteiger partial charge on any atom is 0.151 e. The minimum Gasteiger partial charge on any atom is -0.306 e. The highest BCUT2D eigenvalue weighted by atomic mass is 32.2. The van der Waals surface area contributed by atoms with Crippen LogP contribution in [-0.2, 0) is 9.84 Å². The van der Waals surface area contributed by atoms with E-state index in [-0.39, 0.29) is 17.8 Å². The molecule has 19 heavy (non-hydrogen) atoms. The molecule has 1 fully saturated rings. The molecular formula is C15H23NO2S. The minimum absolute atomic E-state index is 0.0892. The first-order valence-corrected chi connectivity index (χ1v) is 8.81. The molecule has 2 atom stereocenters. The minimum atomic E-state index is -2.85. The van der Waals surface area contributed by atoms with Crippen molar-refractivity contribution >= 4 is 9.84 Å². The second-order valence-electron chi connectivity index (χ2n) is 5.75. The van der Waals surface area contributed by atoms with E-state index in [0.717, 1.165) is 12.8 Å². The van der Waals surface area contributed by atoms with Crippen LogP contribution in [0.25, 0.3) is 0 Å². The van der Waals surface area contributed by atoms with Crippen LogP contribution in [0.5, 0.6) is 0 Å². The van der Waals surface area contributed by atoms with Crippen LogP contribution < -0.4 is 5.32 Å². The van der Waals surface area contributed by atoms with Gasteiger partial charge in [-0.3, -0.25) is 0 Å². The zero-order valence-corrected chi connectivity index (χ0v) is 12.5. The van der Waals surface area contributed by atoms with Crippen molar-refractivity contribution in [3.05, 3.63) is 35.9 Å². The summed E-state index contributed by atoms with van der Waals surface area (Å²) in [6.45, 7) is 4.34. The van der Waals surface area contributed by atoms with E-state index in [1.165, 1.54) is 5.56 Å². The van der Waals surface area contributed by atoms with Gasteiger partial charge in [0.15, 0.2) is 9.84 Å². The highest BCUT2D eigenvalue weighted by molar-refractivity contribution is 7.91. The van der Waals surface area contributed by atoms with Gasteiger partial charge in [0.05, 0.1) is 11.5 Å². The fourth-order valence-electron chi connectivity index (χ4n) is 2.74. The predicted octanol–water partition coefficient (Wildman–Crippen LogP) is 2.55. The van der Waals surface area contributed by atoms with Crippen molar-refractivity contribution in [3.8, 4) is 0 Å². The Bertz CT molecular complexity index is 496. The van der Waals surface area contributed by atoms with Crippen LogP contribution in [0, 0.1) is 5.92 Å². The first-order chi connectivity index (χ1) is 8.98. The van der Waals surface area contributed by atoms with Gasteiger partial charge in [-0.15, -0.1) is 0 Å². The summed E-state index contributed by atoms with van der Waals surface area (Å²) in [5.74, 6) is 1.07. The van der Waals surface area contributed by atoms with Crippen LogP contribution >= 0.6 is 0 Å². The summed E-state index contributed by atoms with van der Waals surface area (Å²) < 4.78 is 23.4. The highest BCUT2D eigenvalue weighted by Gasteiger charge is 2.27. The zero-order chi connectivity index (χ0) is 13.9. The molecule has 3 nitrogen and oxygen atoms in total. The van der Waals surface area contributed by atoms with Gasteiger partial charge >= 0.3 is 0 Å². The van der Waals surface area contributed by atoms with Gasteiger partial charge in [0, 0.05) is 12.1 Å². The molecule has 1 aromatic rings. The Balaban J connectivity index is 2.10. The SMILES string of the molecule is CC(C)C(NC1CCCS(=O)(=O)C1)c1ccccc1. The fraction of sp³-hybridized carbons (Fsp3) is 0.600. The normalized spacial score (nSPS) is 24.3. The standard InChI is InChI=1S/C15H23NO2S/c1-12(2)15(13-7-4-3-5-8-13)16-14-9-6-10-19(17,18)11-14/h3-5,7-8,12,14-16H,6,9-11H2,1-2H3. The Morgan fingerprint density at radius 1 is 1.21 bits per heavy atom. The van der Waals surface area contributed by atoms with Crippen LogP contribution in [0.2, 0.25) is 0 Å². The molecule has 0 amide bonds. The molecule has 1 aliphatic heterocycles. The summed E-state index contributed by atoms with van der Waals surface area (Å²) in [6.07, 6.45) is 1.73. The van der Waals surface area contributed by atoms with Gasteiger partial charge < -0.3 is 5.32 Å². The molecule has 2 unspecified atom stereocenters. The van der Waals surface area contributed by atoms with E-state index in [1.807, 2.05) is 18.2 Å². The Hall–Kier alpha value is -0.870. The number of nitrogens with one attached hydrogen (secondary N) is 1. The first kappa shape index (κ1) is 14.5. The summed E-state index contributed by atoms with van der Waals surface area (Å²) in [5, 5.41) is 3.55. The van der Waals surface area contributed by atoms with E-state index in [2.05, 4.69) is 31.3 Å². The molecule has 0 aromatic heterocycles. The summed E-state index contributed by atoms with van der Waals surface area (Å²) in [5.41, 5.74) is 1.24. The van der Waals surface area contributed by atoms with Crippen molar-refractivity contribution in [1.29, 1.82) is 0 Å². The Morgan fingerprint density at radius 2 is 1.89 bits per heavy atom. The topological polar surface area (TPSA) is 46.2 Å². The van der Waals surface area contributed by atoms with Crippen LogP contribution in [-0.4, -0.2) is 26.0 Å². The van der Waals surface area contributed by atoms with E-state index >= 15 is 0 Å². The van der Waals surface area contributed by atoms with Crippen LogP contribution in [0.3, 0.4) is 0 Å². The molecule has 0 radical (unpaired) electrons. The van der Waals surface area contributed by atoms with Gasteiger partial charge in [-0.2, -0.15) is 0 Å².